The summed E-state index contributed by atoms with van der Waals surface area (Å²) in [5.41, 5.74) is 4.47. The molecule has 7 nitrogen and oxygen atoms in total. The maximum atomic E-state index is 13.4. The Morgan fingerprint density at radius 1 is 0.917 bits per heavy atom. The standard InChI is InChI=1S/C29H30N4O3/c1-31(21-28(34)30-24-11-13-25(14-12-24)32-15-17-36-18-16-32)29(35)27-19-23-9-5-6-10-26(23)33(27)20-22-7-3-2-4-8-22/h2-14,19H,15-18,20-21H2,1H3,(H,30,34). The largest absolute Gasteiger partial charge is 0.378 e. The van der Waals surface area contributed by atoms with E-state index in [2.05, 4.69) is 10.2 Å². The van der Waals surface area contributed by atoms with E-state index in [0.717, 1.165) is 48.5 Å². The summed E-state index contributed by atoms with van der Waals surface area (Å²) >= 11 is 0. The van der Waals surface area contributed by atoms with Gasteiger partial charge < -0.3 is 24.4 Å². The fourth-order valence-electron chi connectivity index (χ4n) is 4.58. The van der Waals surface area contributed by atoms with Crippen molar-refractivity contribution >= 4 is 34.1 Å². The van der Waals surface area contributed by atoms with Gasteiger partial charge in [-0.25, -0.2) is 0 Å². The van der Waals surface area contributed by atoms with Crippen molar-refractivity contribution in [2.75, 3.05) is 50.1 Å². The van der Waals surface area contributed by atoms with Crippen LogP contribution < -0.4 is 10.2 Å². The lowest BCUT2D eigenvalue weighted by molar-refractivity contribution is -0.116. The molecule has 1 N–H and O–H groups in total. The van der Waals surface area contributed by atoms with Crippen LogP contribution in [0.3, 0.4) is 0 Å². The van der Waals surface area contributed by atoms with E-state index in [4.69, 9.17) is 4.74 Å². The van der Waals surface area contributed by atoms with E-state index < -0.39 is 0 Å². The van der Waals surface area contributed by atoms with Gasteiger partial charge in [0, 0.05) is 49.0 Å². The molecule has 0 radical (unpaired) electrons. The molecule has 0 bridgehead atoms. The summed E-state index contributed by atoms with van der Waals surface area (Å²) in [6.07, 6.45) is 0. The monoisotopic (exact) mass is 482 g/mol. The SMILES string of the molecule is CN(CC(=O)Nc1ccc(N2CCOCC2)cc1)C(=O)c1cc2ccccc2n1Cc1ccccc1. The lowest BCUT2D eigenvalue weighted by Gasteiger charge is -2.28. The number of carbonyl (C=O) groups excluding carboxylic acids is 2. The van der Waals surface area contributed by atoms with Gasteiger partial charge in [-0.15, -0.1) is 0 Å². The Bertz CT molecular complexity index is 1340. The second kappa shape index (κ2) is 10.7. The van der Waals surface area contributed by atoms with Crippen LogP contribution in [0.1, 0.15) is 16.1 Å². The van der Waals surface area contributed by atoms with Crippen molar-refractivity contribution in [3.05, 3.63) is 96.2 Å². The third-order valence-corrected chi connectivity index (χ3v) is 6.47. The number of ether oxygens (including phenoxy) is 1. The number of rotatable bonds is 7. The first-order valence-electron chi connectivity index (χ1n) is 12.2. The number of amides is 2. The van der Waals surface area contributed by atoms with Gasteiger partial charge in [-0.05, 0) is 42.0 Å². The molecule has 36 heavy (non-hydrogen) atoms. The Labute approximate surface area is 210 Å². The molecule has 1 saturated heterocycles. The van der Waals surface area contributed by atoms with Gasteiger partial charge in [-0.2, -0.15) is 0 Å². The Morgan fingerprint density at radius 3 is 2.36 bits per heavy atom. The van der Waals surface area contributed by atoms with Gasteiger partial charge in [-0.3, -0.25) is 9.59 Å². The first kappa shape index (κ1) is 23.6. The summed E-state index contributed by atoms with van der Waals surface area (Å²) in [6.45, 7) is 3.70. The van der Waals surface area contributed by atoms with Gasteiger partial charge >= 0.3 is 0 Å². The topological polar surface area (TPSA) is 66.8 Å². The minimum Gasteiger partial charge on any atom is -0.378 e. The zero-order chi connectivity index (χ0) is 24.9. The molecule has 0 spiro atoms. The predicted octanol–water partition coefficient (Wildman–Crippen LogP) is 4.24. The first-order valence-corrected chi connectivity index (χ1v) is 12.2. The maximum Gasteiger partial charge on any atom is 0.270 e. The molecule has 3 aromatic carbocycles. The summed E-state index contributed by atoms with van der Waals surface area (Å²) in [5.74, 6) is -0.435. The number of anilines is 2. The van der Waals surface area contributed by atoms with Gasteiger partial charge in [0.2, 0.25) is 5.91 Å². The minimum atomic E-state index is -0.240. The molecule has 2 amide bonds. The van der Waals surface area contributed by atoms with Gasteiger partial charge in [0.1, 0.15) is 5.69 Å². The number of fused-ring (bicyclic) bond motifs is 1. The van der Waals surface area contributed by atoms with Crippen LogP contribution in [-0.4, -0.2) is 61.2 Å². The van der Waals surface area contributed by atoms with Crippen LogP contribution in [0.5, 0.6) is 0 Å². The van der Waals surface area contributed by atoms with E-state index in [0.29, 0.717) is 17.9 Å². The van der Waals surface area contributed by atoms with Crippen LogP contribution in [0.4, 0.5) is 11.4 Å². The fourth-order valence-corrected chi connectivity index (χ4v) is 4.58. The van der Waals surface area contributed by atoms with E-state index in [-0.39, 0.29) is 18.4 Å². The molecule has 2 heterocycles. The molecule has 0 unspecified atom stereocenters. The molecule has 5 rings (SSSR count). The number of benzene rings is 3. The van der Waals surface area contributed by atoms with Crippen LogP contribution in [0.15, 0.2) is 84.9 Å². The number of nitrogens with zero attached hydrogens (tertiary/aromatic N) is 3. The smallest absolute Gasteiger partial charge is 0.270 e. The molecular weight excluding hydrogens is 452 g/mol. The summed E-state index contributed by atoms with van der Waals surface area (Å²) in [7, 11) is 1.66. The highest BCUT2D eigenvalue weighted by Gasteiger charge is 2.21. The van der Waals surface area contributed by atoms with Crippen LogP contribution >= 0.6 is 0 Å². The second-order valence-electron chi connectivity index (χ2n) is 9.02. The average Bonchev–Trinajstić information content (AvgIpc) is 3.28. The van der Waals surface area contributed by atoms with Gasteiger partial charge in [-0.1, -0.05) is 48.5 Å². The second-order valence-corrected chi connectivity index (χ2v) is 9.02. The number of likely N-dealkylation sites (N-methyl/N-ethyl adjacent to an activating group) is 1. The molecule has 7 heteroatoms. The summed E-state index contributed by atoms with van der Waals surface area (Å²) in [5, 5.41) is 3.90. The minimum absolute atomic E-state index is 0.0447. The van der Waals surface area contributed by atoms with Crippen molar-refractivity contribution in [3.63, 3.8) is 0 Å². The van der Waals surface area contributed by atoms with Gasteiger partial charge in [0.15, 0.2) is 0 Å². The van der Waals surface area contributed by atoms with Gasteiger partial charge in [0.25, 0.3) is 5.91 Å². The van der Waals surface area contributed by atoms with E-state index in [9.17, 15) is 9.59 Å². The molecule has 4 aromatic rings. The molecule has 0 atom stereocenters. The van der Waals surface area contributed by atoms with Crippen molar-refractivity contribution < 1.29 is 14.3 Å². The van der Waals surface area contributed by atoms with Crippen molar-refractivity contribution in [2.24, 2.45) is 0 Å². The predicted molar refractivity (Wildman–Crippen MR) is 143 cm³/mol. The summed E-state index contributed by atoms with van der Waals surface area (Å²) in [4.78, 5) is 29.9. The van der Waals surface area contributed by atoms with Crippen molar-refractivity contribution in [1.29, 1.82) is 0 Å². The van der Waals surface area contributed by atoms with E-state index in [1.54, 1.807) is 7.05 Å². The number of para-hydroxylation sites is 1. The summed E-state index contributed by atoms with van der Waals surface area (Å²) in [6, 6.07) is 27.7. The van der Waals surface area contributed by atoms with Crippen LogP contribution in [-0.2, 0) is 16.1 Å². The van der Waals surface area contributed by atoms with E-state index in [1.807, 2.05) is 89.5 Å². The quantitative estimate of drug-likeness (QED) is 0.428. The average molecular weight is 483 g/mol. The number of carbonyl (C=O) groups is 2. The zero-order valence-electron chi connectivity index (χ0n) is 20.4. The van der Waals surface area contributed by atoms with E-state index >= 15 is 0 Å². The number of morpholine rings is 1. The lowest BCUT2D eigenvalue weighted by Crippen LogP contribution is -2.36. The highest BCUT2D eigenvalue weighted by molar-refractivity contribution is 6.01. The van der Waals surface area contributed by atoms with E-state index in [1.165, 1.54) is 4.90 Å². The maximum absolute atomic E-state index is 13.4. The van der Waals surface area contributed by atoms with Crippen molar-refractivity contribution in [1.82, 2.24) is 9.47 Å². The Morgan fingerprint density at radius 2 is 1.61 bits per heavy atom. The molecule has 1 fully saturated rings. The van der Waals surface area contributed by atoms with Crippen LogP contribution in [0.25, 0.3) is 10.9 Å². The Hall–Kier alpha value is -4.10. The third-order valence-electron chi connectivity index (χ3n) is 6.47. The number of nitrogens with one attached hydrogen (secondary N) is 1. The lowest BCUT2D eigenvalue weighted by atomic mass is 10.2. The molecule has 1 aromatic heterocycles. The molecule has 0 aliphatic carbocycles. The Kier molecular flexibility index (Phi) is 7.00. The normalized spacial score (nSPS) is 13.5. The molecule has 184 valence electrons. The molecule has 1 aliphatic rings. The fraction of sp³-hybridized carbons (Fsp3) is 0.241. The van der Waals surface area contributed by atoms with Crippen LogP contribution in [0.2, 0.25) is 0 Å². The number of hydrogen-bond donors (Lipinski definition) is 1. The Balaban J connectivity index is 1.27. The van der Waals surface area contributed by atoms with Crippen LogP contribution in [0, 0.1) is 0 Å². The number of hydrogen-bond acceptors (Lipinski definition) is 4. The van der Waals surface area contributed by atoms with Crippen molar-refractivity contribution in [3.8, 4) is 0 Å². The molecular formula is C29H30N4O3. The first-order chi connectivity index (χ1) is 17.6. The highest BCUT2D eigenvalue weighted by Crippen LogP contribution is 2.23. The van der Waals surface area contributed by atoms with Crippen molar-refractivity contribution in [2.45, 2.75) is 6.54 Å². The molecule has 0 saturated carbocycles. The zero-order valence-corrected chi connectivity index (χ0v) is 20.4. The van der Waals surface area contributed by atoms with Gasteiger partial charge in [0.05, 0.1) is 19.8 Å². The third kappa shape index (κ3) is 5.26. The highest BCUT2D eigenvalue weighted by atomic mass is 16.5. The number of aromatic nitrogens is 1. The summed E-state index contributed by atoms with van der Waals surface area (Å²) < 4.78 is 7.43. The molecule has 1 aliphatic heterocycles.